The van der Waals surface area contributed by atoms with Crippen LogP contribution in [0.5, 0.6) is 0 Å². The van der Waals surface area contributed by atoms with Crippen molar-refractivity contribution in [1.29, 1.82) is 0 Å². The summed E-state index contributed by atoms with van der Waals surface area (Å²) in [5.41, 5.74) is 0.375. The van der Waals surface area contributed by atoms with Crippen LogP contribution in [0.15, 0.2) is 53.7 Å². The fraction of sp³-hybridized carbons (Fsp3) is 0.385. The zero-order valence-electron chi connectivity index (χ0n) is 21.9. The minimum atomic E-state index is -4.84. The van der Waals surface area contributed by atoms with Crippen molar-refractivity contribution in [3.63, 3.8) is 0 Å². The third-order valence-electron chi connectivity index (χ3n) is 5.13. The van der Waals surface area contributed by atoms with Gasteiger partial charge in [-0.1, -0.05) is 36.4 Å². The number of ether oxygens (including phenoxy) is 2. The molecule has 13 heteroatoms. The lowest BCUT2D eigenvalue weighted by Crippen LogP contribution is -2.53. The van der Waals surface area contributed by atoms with E-state index in [2.05, 4.69) is 43.7 Å². The Bertz CT molecular complexity index is 1200. The monoisotopic (exact) mass is 614 g/mol. The summed E-state index contributed by atoms with van der Waals surface area (Å²) in [4.78, 5) is 41.9. The summed E-state index contributed by atoms with van der Waals surface area (Å²) in [6.45, 7) is 9.95. The number of anilines is 1. The van der Waals surface area contributed by atoms with Gasteiger partial charge in [0, 0.05) is 0 Å². The Hall–Kier alpha value is -3.45. The van der Waals surface area contributed by atoms with Crippen molar-refractivity contribution in [3.05, 3.63) is 70.5 Å². The molecule has 1 heterocycles. The van der Waals surface area contributed by atoms with Gasteiger partial charge in [-0.05, 0) is 68.1 Å². The number of hydrogen-bond acceptors (Lipinski definition) is 6. The number of nitrogens with zero attached hydrogens (tertiary/aromatic N) is 1. The molecule has 0 aliphatic carbocycles. The summed E-state index contributed by atoms with van der Waals surface area (Å²) in [6.07, 6.45) is -3.70. The van der Waals surface area contributed by atoms with Crippen LogP contribution in [0.2, 0.25) is 0 Å². The van der Waals surface area contributed by atoms with Gasteiger partial charge in [0.25, 0.3) is 11.8 Å². The van der Waals surface area contributed by atoms with Crippen LogP contribution in [0.4, 0.5) is 23.7 Å². The summed E-state index contributed by atoms with van der Waals surface area (Å²) < 4.78 is 50.6. The maximum atomic E-state index is 13.5. The number of halogens is 4. The molecule has 3 amide bonds. The molecule has 1 atom stereocenters. The molecule has 2 aromatic rings. The van der Waals surface area contributed by atoms with E-state index in [-0.39, 0.29) is 13.0 Å². The quantitative estimate of drug-likeness (QED) is 0.183. The van der Waals surface area contributed by atoms with Crippen LogP contribution in [0.25, 0.3) is 0 Å². The average Bonchev–Trinajstić information content (AvgIpc) is 2.84. The van der Waals surface area contributed by atoms with E-state index < -0.39 is 56.8 Å². The van der Waals surface area contributed by atoms with Gasteiger partial charge < -0.3 is 9.47 Å². The number of hydrazine groups is 1. The molecule has 3 N–H and O–H groups in total. The van der Waals surface area contributed by atoms with Crippen LogP contribution in [0.1, 0.15) is 62.2 Å². The summed E-state index contributed by atoms with van der Waals surface area (Å²) >= 11 is 2.71. The highest BCUT2D eigenvalue weighted by Crippen LogP contribution is 2.36. The van der Waals surface area contributed by atoms with Gasteiger partial charge in [-0.3, -0.25) is 25.8 Å². The Morgan fingerprint density at radius 2 is 1.72 bits per heavy atom. The van der Waals surface area contributed by atoms with E-state index in [1.54, 1.807) is 26.8 Å². The highest BCUT2D eigenvalue weighted by Gasteiger charge is 2.37. The smallest absolute Gasteiger partial charge is 0.419 e. The van der Waals surface area contributed by atoms with Crippen molar-refractivity contribution in [1.82, 2.24) is 15.8 Å². The number of amides is 3. The first-order valence-electron chi connectivity index (χ1n) is 11.7. The Labute approximate surface area is 232 Å². The van der Waals surface area contributed by atoms with Gasteiger partial charge in [0.2, 0.25) is 0 Å². The first-order chi connectivity index (χ1) is 18.1. The molecule has 0 unspecified atom stereocenters. The van der Waals surface area contributed by atoms with E-state index >= 15 is 0 Å². The fourth-order valence-corrected chi connectivity index (χ4v) is 3.64. The predicted octanol–water partition coefficient (Wildman–Crippen LogP) is 5.91. The maximum absolute atomic E-state index is 13.5. The molecule has 0 aliphatic heterocycles. The van der Waals surface area contributed by atoms with E-state index in [0.29, 0.717) is 12.5 Å². The molecule has 0 radical (unpaired) electrons. The maximum Gasteiger partial charge on any atom is 0.419 e. The first-order valence-corrected chi connectivity index (χ1v) is 12.5. The largest absolute Gasteiger partial charge is 0.444 e. The molecule has 0 aliphatic rings. The molecule has 39 heavy (non-hydrogen) atoms. The third-order valence-corrected chi connectivity index (χ3v) is 5.73. The van der Waals surface area contributed by atoms with Crippen LogP contribution in [0.3, 0.4) is 0 Å². The van der Waals surface area contributed by atoms with Crippen LogP contribution >= 0.6 is 15.9 Å². The minimum Gasteiger partial charge on any atom is -0.444 e. The van der Waals surface area contributed by atoms with Gasteiger partial charge in [0.15, 0.2) is 5.69 Å². The van der Waals surface area contributed by atoms with E-state index in [1.165, 1.54) is 6.92 Å². The molecule has 1 aromatic heterocycles. The molecule has 0 saturated carbocycles. The molecule has 0 spiro atoms. The molecule has 212 valence electrons. The number of carbonyl (C=O) groups is 3. The van der Waals surface area contributed by atoms with Crippen molar-refractivity contribution >= 4 is 39.5 Å². The Morgan fingerprint density at radius 3 is 2.28 bits per heavy atom. The Kier molecular flexibility index (Phi) is 10.6. The molecule has 0 bridgehead atoms. The van der Waals surface area contributed by atoms with Crippen molar-refractivity contribution in [2.45, 2.75) is 64.5 Å². The Morgan fingerprint density at radius 1 is 1.08 bits per heavy atom. The SMILES string of the molecule is C=CCC[C@@](C)(OCc1ccccc1)C(=O)NNC(=O)c1nc(Br)c(C(F)(F)F)cc1NC(=O)OC(C)(C)C. The van der Waals surface area contributed by atoms with E-state index in [4.69, 9.17) is 9.47 Å². The lowest BCUT2D eigenvalue weighted by atomic mass is 9.98. The number of allylic oxidation sites excluding steroid dienone is 1. The summed E-state index contributed by atoms with van der Waals surface area (Å²) in [7, 11) is 0. The zero-order valence-corrected chi connectivity index (χ0v) is 23.5. The molecule has 9 nitrogen and oxygen atoms in total. The number of aromatic nitrogens is 1. The van der Waals surface area contributed by atoms with E-state index in [9.17, 15) is 27.6 Å². The second-order valence-electron chi connectivity index (χ2n) is 9.59. The van der Waals surface area contributed by atoms with Gasteiger partial charge in [-0.2, -0.15) is 13.2 Å². The molecular formula is C26H30BrF3N4O5. The van der Waals surface area contributed by atoms with Crippen LogP contribution in [-0.4, -0.2) is 34.1 Å². The van der Waals surface area contributed by atoms with Gasteiger partial charge in [0.05, 0.1) is 17.9 Å². The topological polar surface area (TPSA) is 119 Å². The molecule has 0 fully saturated rings. The standard InChI is InChI=1S/C26H30BrF3N4O5/c1-6-7-13-25(5,38-15-16-11-9-8-10-12-16)22(36)34-33-21(35)19-18(31-23(37)39-24(2,3)4)14-17(20(27)32-19)26(28,29)30/h6,8-12,14H,1,7,13,15H2,2-5H3,(H,31,37)(H,33,35)(H,34,36)/t25-/m1/s1. The van der Waals surface area contributed by atoms with Crippen LogP contribution < -0.4 is 16.2 Å². The number of hydrogen-bond donors (Lipinski definition) is 3. The zero-order chi connectivity index (χ0) is 29.4. The molecule has 2 rings (SSSR count). The van der Waals surface area contributed by atoms with E-state index in [0.717, 1.165) is 5.56 Å². The minimum absolute atomic E-state index is 0.104. The van der Waals surface area contributed by atoms with Crippen molar-refractivity contribution in [2.75, 3.05) is 5.32 Å². The number of alkyl halides is 3. The second kappa shape index (κ2) is 13.1. The van der Waals surface area contributed by atoms with Crippen LogP contribution in [0, 0.1) is 0 Å². The number of pyridine rings is 1. The predicted molar refractivity (Wildman–Crippen MR) is 141 cm³/mol. The Balaban J connectivity index is 2.27. The number of benzene rings is 1. The average molecular weight is 615 g/mol. The van der Waals surface area contributed by atoms with E-state index in [1.807, 2.05) is 30.3 Å². The fourth-order valence-electron chi connectivity index (χ4n) is 3.12. The van der Waals surface area contributed by atoms with Crippen molar-refractivity contribution in [3.8, 4) is 0 Å². The van der Waals surface area contributed by atoms with Gasteiger partial charge in [-0.25, -0.2) is 9.78 Å². The van der Waals surface area contributed by atoms with Crippen molar-refractivity contribution in [2.24, 2.45) is 0 Å². The highest BCUT2D eigenvalue weighted by atomic mass is 79.9. The third kappa shape index (κ3) is 9.66. The summed E-state index contributed by atoms with van der Waals surface area (Å²) in [5, 5.41) is 2.12. The normalized spacial score (nSPS) is 13.1. The highest BCUT2D eigenvalue weighted by molar-refractivity contribution is 9.10. The van der Waals surface area contributed by atoms with Crippen LogP contribution in [-0.2, 0) is 27.1 Å². The van der Waals surface area contributed by atoms with Crippen molar-refractivity contribution < 1.29 is 37.0 Å². The lowest BCUT2D eigenvalue weighted by Gasteiger charge is -2.28. The first kappa shape index (κ1) is 31.8. The van der Waals surface area contributed by atoms with Gasteiger partial charge >= 0.3 is 12.3 Å². The molecular weight excluding hydrogens is 585 g/mol. The second-order valence-corrected chi connectivity index (χ2v) is 10.3. The molecule has 1 aromatic carbocycles. The number of nitrogens with one attached hydrogen (secondary N) is 3. The molecule has 0 saturated heterocycles. The summed E-state index contributed by atoms with van der Waals surface area (Å²) in [5.74, 6) is -1.82. The van der Waals surface area contributed by atoms with Gasteiger partial charge in [-0.15, -0.1) is 6.58 Å². The number of rotatable bonds is 9. The lowest BCUT2D eigenvalue weighted by molar-refractivity contribution is -0.148. The van der Waals surface area contributed by atoms with Gasteiger partial charge in [0.1, 0.15) is 15.8 Å². The number of carbonyl (C=O) groups excluding carboxylic acids is 3. The summed E-state index contributed by atoms with van der Waals surface area (Å²) in [6, 6.07) is 9.65.